The quantitative estimate of drug-likeness (QED) is 0.767. The third-order valence-electron chi connectivity index (χ3n) is 2.41. The molecule has 5 heteroatoms. The minimum Gasteiger partial charge on any atom is -0.369 e. The monoisotopic (exact) mass is 417 g/mol. The van der Waals surface area contributed by atoms with Crippen LogP contribution in [0.25, 0.3) is 0 Å². The van der Waals surface area contributed by atoms with Crippen molar-refractivity contribution in [2.45, 2.75) is 13.3 Å². The summed E-state index contributed by atoms with van der Waals surface area (Å²) >= 11 is 5.67. The van der Waals surface area contributed by atoms with Gasteiger partial charge in [0.2, 0.25) is 0 Å². The molecular formula is C13H13BrIN3. The fourth-order valence-electron chi connectivity index (χ4n) is 1.57. The summed E-state index contributed by atoms with van der Waals surface area (Å²) in [5.41, 5.74) is 1.21. The van der Waals surface area contributed by atoms with Crippen LogP contribution in [-0.2, 0) is 6.42 Å². The SMILES string of the molecule is CCNc1nc(Cc2ccc(Br)cc2)ncc1I. The zero-order valence-electron chi connectivity index (χ0n) is 9.95. The summed E-state index contributed by atoms with van der Waals surface area (Å²) in [6, 6.07) is 8.23. The van der Waals surface area contributed by atoms with Gasteiger partial charge in [0.15, 0.2) is 0 Å². The molecule has 0 fully saturated rings. The number of anilines is 1. The van der Waals surface area contributed by atoms with Crippen molar-refractivity contribution in [3.8, 4) is 0 Å². The Balaban J connectivity index is 2.18. The van der Waals surface area contributed by atoms with E-state index in [9.17, 15) is 0 Å². The van der Waals surface area contributed by atoms with Gasteiger partial charge in [-0.3, -0.25) is 0 Å². The Hall–Kier alpha value is -0.690. The highest BCUT2D eigenvalue weighted by atomic mass is 127. The number of hydrogen-bond donors (Lipinski definition) is 1. The molecule has 2 aromatic rings. The predicted octanol–water partition coefficient (Wildman–Crippen LogP) is 3.87. The first kappa shape index (κ1) is 13.7. The minimum absolute atomic E-state index is 0.753. The molecule has 0 aliphatic carbocycles. The number of aromatic nitrogens is 2. The van der Waals surface area contributed by atoms with Gasteiger partial charge in [-0.05, 0) is 47.2 Å². The largest absolute Gasteiger partial charge is 0.369 e. The number of nitrogens with one attached hydrogen (secondary N) is 1. The van der Waals surface area contributed by atoms with Crippen molar-refractivity contribution >= 4 is 44.3 Å². The first-order chi connectivity index (χ1) is 8.69. The zero-order valence-corrected chi connectivity index (χ0v) is 13.7. The second-order valence-corrected chi connectivity index (χ2v) is 5.89. The molecule has 0 spiro atoms. The van der Waals surface area contributed by atoms with Gasteiger partial charge in [0.25, 0.3) is 0 Å². The number of rotatable bonds is 4. The molecular weight excluding hydrogens is 405 g/mol. The molecule has 2 rings (SSSR count). The summed E-state index contributed by atoms with van der Waals surface area (Å²) in [5.74, 6) is 1.76. The Kier molecular flexibility index (Phi) is 4.94. The van der Waals surface area contributed by atoms with E-state index in [1.54, 1.807) is 0 Å². The van der Waals surface area contributed by atoms with Gasteiger partial charge in [0, 0.05) is 23.6 Å². The smallest absolute Gasteiger partial charge is 0.143 e. The lowest BCUT2D eigenvalue weighted by Crippen LogP contribution is -2.06. The average Bonchev–Trinajstić information content (AvgIpc) is 2.37. The van der Waals surface area contributed by atoms with Gasteiger partial charge in [-0.2, -0.15) is 0 Å². The Bertz CT molecular complexity index is 528. The van der Waals surface area contributed by atoms with Crippen molar-refractivity contribution in [3.63, 3.8) is 0 Å². The lowest BCUT2D eigenvalue weighted by Gasteiger charge is -2.07. The van der Waals surface area contributed by atoms with Gasteiger partial charge < -0.3 is 5.32 Å². The second kappa shape index (κ2) is 6.47. The highest BCUT2D eigenvalue weighted by Gasteiger charge is 2.05. The van der Waals surface area contributed by atoms with Crippen molar-refractivity contribution in [3.05, 3.63) is 49.9 Å². The van der Waals surface area contributed by atoms with Gasteiger partial charge >= 0.3 is 0 Å². The van der Waals surface area contributed by atoms with Crippen molar-refractivity contribution in [2.75, 3.05) is 11.9 Å². The zero-order chi connectivity index (χ0) is 13.0. The number of hydrogen-bond acceptors (Lipinski definition) is 3. The van der Waals surface area contributed by atoms with E-state index in [2.05, 4.69) is 72.9 Å². The number of benzene rings is 1. The molecule has 0 amide bonds. The molecule has 1 aromatic carbocycles. The molecule has 0 aliphatic heterocycles. The summed E-state index contributed by atoms with van der Waals surface area (Å²) < 4.78 is 2.14. The first-order valence-electron chi connectivity index (χ1n) is 5.68. The van der Waals surface area contributed by atoms with Crippen molar-refractivity contribution in [1.29, 1.82) is 0 Å². The minimum atomic E-state index is 0.753. The van der Waals surface area contributed by atoms with E-state index in [0.29, 0.717) is 0 Å². The summed E-state index contributed by atoms with van der Waals surface area (Å²) in [6.07, 6.45) is 2.61. The van der Waals surface area contributed by atoms with Crippen molar-refractivity contribution in [1.82, 2.24) is 9.97 Å². The Morgan fingerprint density at radius 2 is 2.00 bits per heavy atom. The van der Waals surface area contributed by atoms with Crippen LogP contribution in [0.3, 0.4) is 0 Å². The maximum absolute atomic E-state index is 4.54. The third kappa shape index (κ3) is 3.65. The van der Waals surface area contributed by atoms with E-state index in [4.69, 9.17) is 0 Å². The summed E-state index contributed by atoms with van der Waals surface area (Å²) in [4.78, 5) is 8.91. The third-order valence-corrected chi connectivity index (χ3v) is 3.73. The van der Waals surface area contributed by atoms with Gasteiger partial charge in [0.05, 0.1) is 3.57 Å². The van der Waals surface area contributed by atoms with Crippen LogP contribution in [0.5, 0.6) is 0 Å². The molecule has 1 aromatic heterocycles. The fraction of sp³-hybridized carbons (Fsp3) is 0.231. The molecule has 1 N–H and O–H groups in total. The summed E-state index contributed by atoms with van der Waals surface area (Å²) in [6.45, 7) is 2.93. The van der Waals surface area contributed by atoms with Crippen molar-refractivity contribution < 1.29 is 0 Å². The van der Waals surface area contributed by atoms with Gasteiger partial charge in [0.1, 0.15) is 11.6 Å². The molecule has 0 unspecified atom stereocenters. The maximum Gasteiger partial charge on any atom is 0.143 e. The van der Waals surface area contributed by atoms with Gasteiger partial charge in [-0.25, -0.2) is 9.97 Å². The van der Waals surface area contributed by atoms with Crippen LogP contribution < -0.4 is 5.32 Å². The fourth-order valence-corrected chi connectivity index (χ4v) is 2.28. The van der Waals surface area contributed by atoms with Crippen LogP contribution in [0.2, 0.25) is 0 Å². The average molecular weight is 418 g/mol. The topological polar surface area (TPSA) is 37.8 Å². The highest BCUT2D eigenvalue weighted by Crippen LogP contribution is 2.16. The molecule has 94 valence electrons. The van der Waals surface area contributed by atoms with Crippen LogP contribution >= 0.6 is 38.5 Å². The summed E-state index contributed by atoms with van der Waals surface area (Å²) in [5, 5.41) is 3.24. The second-order valence-electron chi connectivity index (χ2n) is 3.82. The van der Waals surface area contributed by atoms with Gasteiger partial charge in [-0.15, -0.1) is 0 Å². The Labute approximate surface area is 129 Å². The molecule has 0 atom stereocenters. The standard InChI is InChI=1S/C13H13BrIN3/c1-2-16-13-11(15)8-17-12(18-13)7-9-3-5-10(14)6-4-9/h3-6,8H,2,7H2,1H3,(H,16,17,18). The lowest BCUT2D eigenvalue weighted by molar-refractivity contribution is 0.955. The van der Waals surface area contributed by atoms with Crippen LogP contribution in [-0.4, -0.2) is 16.5 Å². The van der Waals surface area contributed by atoms with Crippen LogP contribution in [0.4, 0.5) is 5.82 Å². The van der Waals surface area contributed by atoms with Gasteiger partial charge in [-0.1, -0.05) is 28.1 Å². The molecule has 0 radical (unpaired) electrons. The lowest BCUT2D eigenvalue weighted by atomic mass is 10.1. The molecule has 0 bridgehead atoms. The molecule has 3 nitrogen and oxygen atoms in total. The van der Waals surface area contributed by atoms with E-state index >= 15 is 0 Å². The molecule has 0 aliphatic rings. The highest BCUT2D eigenvalue weighted by molar-refractivity contribution is 14.1. The van der Waals surface area contributed by atoms with Crippen LogP contribution in [0.15, 0.2) is 34.9 Å². The molecule has 0 saturated heterocycles. The Morgan fingerprint density at radius 1 is 1.28 bits per heavy atom. The normalized spacial score (nSPS) is 10.4. The van der Waals surface area contributed by atoms with E-state index in [-0.39, 0.29) is 0 Å². The predicted molar refractivity (Wildman–Crippen MR) is 85.9 cm³/mol. The molecule has 0 saturated carbocycles. The molecule has 18 heavy (non-hydrogen) atoms. The van der Waals surface area contributed by atoms with E-state index in [1.165, 1.54) is 5.56 Å². The maximum atomic E-state index is 4.54. The van der Waals surface area contributed by atoms with E-state index in [0.717, 1.165) is 32.7 Å². The first-order valence-corrected chi connectivity index (χ1v) is 7.56. The summed E-state index contributed by atoms with van der Waals surface area (Å²) in [7, 11) is 0. The van der Waals surface area contributed by atoms with E-state index < -0.39 is 0 Å². The van der Waals surface area contributed by atoms with E-state index in [1.807, 2.05) is 18.3 Å². The molecule has 1 heterocycles. The Morgan fingerprint density at radius 3 is 2.67 bits per heavy atom. The van der Waals surface area contributed by atoms with Crippen molar-refractivity contribution in [2.24, 2.45) is 0 Å². The van der Waals surface area contributed by atoms with Crippen LogP contribution in [0.1, 0.15) is 18.3 Å². The number of nitrogens with zero attached hydrogens (tertiary/aromatic N) is 2. The van der Waals surface area contributed by atoms with Crippen LogP contribution in [0, 0.1) is 3.57 Å². The number of halogens is 2.